The van der Waals surface area contributed by atoms with E-state index in [1.54, 1.807) is 0 Å². The first kappa shape index (κ1) is 13.9. The largest absolute Gasteiger partial charge is 0.377 e. The van der Waals surface area contributed by atoms with Crippen molar-refractivity contribution in [2.45, 2.75) is 52.5 Å². The summed E-state index contributed by atoms with van der Waals surface area (Å²) in [5.41, 5.74) is 0. The molecular weight excluding hydrogens is 206 g/mol. The maximum atomic E-state index is 5.62. The minimum absolute atomic E-state index is 0.0794. The zero-order valence-electron chi connectivity index (χ0n) is 10.9. The predicted octanol–water partition coefficient (Wildman–Crippen LogP) is 1.84. The highest BCUT2D eigenvalue weighted by Crippen LogP contribution is 2.16. The van der Waals surface area contributed by atoms with Gasteiger partial charge in [0.1, 0.15) is 13.0 Å². The van der Waals surface area contributed by atoms with Gasteiger partial charge in [-0.05, 0) is 34.1 Å². The number of hydrogen-bond donors (Lipinski definition) is 0. The highest BCUT2D eigenvalue weighted by atomic mass is 16.7. The maximum Gasteiger partial charge on any atom is 0.148 e. The molecule has 1 saturated heterocycles. The van der Waals surface area contributed by atoms with E-state index in [4.69, 9.17) is 14.2 Å². The zero-order chi connectivity index (χ0) is 12.0. The van der Waals surface area contributed by atoms with Gasteiger partial charge in [-0.1, -0.05) is 0 Å². The first-order chi connectivity index (χ1) is 7.65. The standard InChI is InChI=1S/C12H25NO3/c1-5-14-9-16-11(4)13(10(2)3)8-12-6-7-15-12/h10-12H,5-9H2,1-4H3/t11?,12-/m0/s1. The van der Waals surface area contributed by atoms with E-state index in [-0.39, 0.29) is 6.23 Å². The molecular formula is C12H25NO3. The molecule has 1 heterocycles. The molecule has 0 aromatic heterocycles. The van der Waals surface area contributed by atoms with Crippen molar-refractivity contribution in [3.8, 4) is 0 Å². The third-order valence-corrected chi connectivity index (χ3v) is 2.93. The summed E-state index contributed by atoms with van der Waals surface area (Å²) in [6.45, 7) is 11.3. The fourth-order valence-corrected chi connectivity index (χ4v) is 1.77. The molecule has 0 bridgehead atoms. The van der Waals surface area contributed by atoms with E-state index in [1.165, 1.54) is 6.42 Å². The van der Waals surface area contributed by atoms with Crippen molar-refractivity contribution in [2.75, 3.05) is 26.6 Å². The Morgan fingerprint density at radius 3 is 2.50 bits per heavy atom. The zero-order valence-corrected chi connectivity index (χ0v) is 10.9. The van der Waals surface area contributed by atoms with E-state index in [0.717, 1.165) is 13.2 Å². The van der Waals surface area contributed by atoms with Crippen molar-refractivity contribution in [3.05, 3.63) is 0 Å². The molecule has 1 fully saturated rings. The fraction of sp³-hybridized carbons (Fsp3) is 1.00. The van der Waals surface area contributed by atoms with Gasteiger partial charge in [-0.25, -0.2) is 0 Å². The lowest BCUT2D eigenvalue weighted by Crippen LogP contribution is -2.48. The maximum absolute atomic E-state index is 5.62. The van der Waals surface area contributed by atoms with Crippen LogP contribution in [0.15, 0.2) is 0 Å². The Kier molecular flexibility index (Phi) is 6.28. The Hall–Kier alpha value is -0.160. The van der Waals surface area contributed by atoms with Crippen LogP contribution in [0.4, 0.5) is 0 Å². The molecule has 1 aliphatic heterocycles. The summed E-state index contributed by atoms with van der Waals surface area (Å²) in [5.74, 6) is 0. The first-order valence-electron chi connectivity index (χ1n) is 6.21. The summed E-state index contributed by atoms with van der Waals surface area (Å²) in [7, 11) is 0. The van der Waals surface area contributed by atoms with E-state index < -0.39 is 0 Å². The molecule has 96 valence electrons. The average molecular weight is 231 g/mol. The van der Waals surface area contributed by atoms with Gasteiger partial charge in [-0.15, -0.1) is 0 Å². The SMILES string of the molecule is CCOCOC(C)N(C[C@@H]1CCO1)C(C)C. The number of rotatable bonds is 8. The molecule has 0 aliphatic carbocycles. The number of nitrogens with zero attached hydrogens (tertiary/aromatic N) is 1. The van der Waals surface area contributed by atoms with Crippen LogP contribution in [0.5, 0.6) is 0 Å². The van der Waals surface area contributed by atoms with E-state index in [0.29, 0.717) is 25.5 Å². The van der Waals surface area contributed by atoms with Gasteiger partial charge in [0.25, 0.3) is 0 Å². The van der Waals surface area contributed by atoms with Gasteiger partial charge in [0.05, 0.1) is 6.10 Å². The van der Waals surface area contributed by atoms with Crippen LogP contribution in [-0.4, -0.2) is 49.8 Å². The van der Waals surface area contributed by atoms with Crippen LogP contribution >= 0.6 is 0 Å². The van der Waals surface area contributed by atoms with Gasteiger partial charge in [0.15, 0.2) is 0 Å². The molecule has 4 nitrogen and oxygen atoms in total. The Morgan fingerprint density at radius 1 is 1.38 bits per heavy atom. The minimum Gasteiger partial charge on any atom is -0.377 e. The minimum atomic E-state index is 0.0794. The normalized spacial score (nSPS) is 22.5. The van der Waals surface area contributed by atoms with E-state index in [9.17, 15) is 0 Å². The lowest BCUT2D eigenvalue weighted by molar-refractivity contribution is -0.159. The summed E-state index contributed by atoms with van der Waals surface area (Å²) < 4.78 is 16.3. The Labute approximate surface area is 98.8 Å². The van der Waals surface area contributed by atoms with Crippen molar-refractivity contribution in [2.24, 2.45) is 0 Å². The van der Waals surface area contributed by atoms with Gasteiger partial charge in [-0.3, -0.25) is 4.90 Å². The summed E-state index contributed by atoms with van der Waals surface area (Å²) >= 11 is 0. The van der Waals surface area contributed by atoms with Crippen LogP contribution in [-0.2, 0) is 14.2 Å². The van der Waals surface area contributed by atoms with Crippen LogP contribution in [0.25, 0.3) is 0 Å². The molecule has 0 radical (unpaired) electrons. The Bertz CT molecular complexity index is 183. The van der Waals surface area contributed by atoms with Gasteiger partial charge >= 0.3 is 0 Å². The monoisotopic (exact) mass is 231 g/mol. The lowest BCUT2D eigenvalue weighted by Gasteiger charge is -2.38. The molecule has 4 heteroatoms. The highest BCUT2D eigenvalue weighted by Gasteiger charge is 2.26. The molecule has 2 atom stereocenters. The van der Waals surface area contributed by atoms with Crippen molar-refractivity contribution in [1.29, 1.82) is 0 Å². The van der Waals surface area contributed by atoms with Crippen molar-refractivity contribution >= 4 is 0 Å². The third kappa shape index (κ3) is 4.37. The molecule has 0 spiro atoms. The molecule has 1 rings (SSSR count). The Balaban J connectivity index is 2.29. The summed E-state index contributed by atoms with van der Waals surface area (Å²) in [4.78, 5) is 2.31. The van der Waals surface area contributed by atoms with Gasteiger partial charge in [0.2, 0.25) is 0 Å². The fourth-order valence-electron chi connectivity index (χ4n) is 1.77. The summed E-state index contributed by atoms with van der Waals surface area (Å²) in [6, 6.07) is 0.459. The second-order valence-corrected chi connectivity index (χ2v) is 4.45. The van der Waals surface area contributed by atoms with Crippen molar-refractivity contribution in [3.63, 3.8) is 0 Å². The van der Waals surface area contributed by atoms with E-state index in [1.807, 2.05) is 6.92 Å². The lowest BCUT2D eigenvalue weighted by atomic mass is 10.1. The molecule has 0 saturated carbocycles. The van der Waals surface area contributed by atoms with Crippen LogP contribution in [0.2, 0.25) is 0 Å². The molecule has 1 aliphatic rings. The van der Waals surface area contributed by atoms with Crippen LogP contribution in [0.3, 0.4) is 0 Å². The van der Waals surface area contributed by atoms with Crippen LogP contribution in [0.1, 0.15) is 34.1 Å². The van der Waals surface area contributed by atoms with Gasteiger partial charge < -0.3 is 14.2 Å². The predicted molar refractivity (Wildman–Crippen MR) is 63.2 cm³/mol. The first-order valence-corrected chi connectivity index (χ1v) is 6.21. The highest BCUT2D eigenvalue weighted by molar-refractivity contribution is 4.75. The number of ether oxygens (including phenoxy) is 3. The number of hydrogen-bond acceptors (Lipinski definition) is 4. The second-order valence-electron chi connectivity index (χ2n) is 4.45. The van der Waals surface area contributed by atoms with Crippen molar-refractivity contribution < 1.29 is 14.2 Å². The van der Waals surface area contributed by atoms with Crippen LogP contribution in [0, 0.1) is 0 Å². The topological polar surface area (TPSA) is 30.9 Å². The van der Waals surface area contributed by atoms with E-state index >= 15 is 0 Å². The van der Waals surface area contributed by atoms with Crippen LogP contribution < -0.4 is 0 Å². The summed E-state index contributed by atoms with van der Waals surface area (Å²) in [6.07, 6.45) is 1.64. The smallest absolute Gasteiger partial charge is 0.148 e. The molecule has 1 unspecified atom stereocenters. The molecule has 0 aromatic rings. The summed E-state index contributed by atoms with van der Waals surface area (Å²) in [5, 5.41) is 0. The van der Waals surface area contributed by atoms with E-state index in [2.05, 4.69) is 25.7 Å². The quantitative estimate of drug-likeness (QED) is 0.471. The molecule has 0 N–H and O–H groups in total. The third-order valence-electron chi connectivity index (χ3n) is 2.93. The van der Waals surface area contributed by atoms with Gasteiger partial charge in [0, 0.05) is 25.8 Å². The Morgan fingerprint density at radius 2 is 2.06 bits per heavy atom. The second kappa shape index (κ2) is 7.22. The molecule has 0 amide bonds. The van der Waals surface area contributed by atoms with Crippen molar-refractivity contribution in [1.82, 2.24) is 4.90 Å². The van der Waals surface area contributed by atoms with Gasteiger partial charge in [-0.2, -0.15) is 0 Å². The molecule has 16 heavy (non-hydrogen) atoms. The molecule has 0 aromatic carbocycles. The average Bonchev–Trinajstić information content (AvgIpc) is 2.15.